The number of ether oxygens (including phenoxy) is 2. The lowest BCUT2D eigenvalue weighted by atomic mass is 10.0. The highest BCUT2D eigenvalue weighted by Crippen LogP contribution is 2.14. The standard InChI is InChI=1S/C26H32O3/c1-22(11-10-18-29-21-24-13-6-3-7-14-24)19-25(27)16-8-4-5-12-23-15-9-17-26(20-23)28-2/h3,6-7,9,13-15,17,20,25,27H,1,5,10-12,16,18-19,21H2,2H3. The van der Waals surface area contributed by atoms with E-state index in [4.69, 9.17) is 9.47 Å². The van der Waals surface area contributed by atoms with Gasteiger partial charge in [0.15, 0.2) is 0 Å². The van der Waals surface area contributed by atoms with Gasteiger partial charge in [-0.15, -0.1) is 11.8 Å². The lowest BCUT2D eigenvalue weighted by molar-refractivity contribution is 0.118. The molecule has 0 aliphatic rings. The molecule has 3 heteroatoms. The van der Waals surface area contributed by atoms with E-state index in [1.165, 1.54) is 11.1 Å². The first-order valence-corrected chi connectivity index (χ1v) is 10.2. The minimum Gasteiger partial charge on any atom is -0.497 e. The number of aliphatic hydroxyl groups excluding tert-OH is 1. The maximum absolute atomic E-state index is 10.1. The summed E-state index contributed by atoms with van der Waals surface area (Å²) in [5, 5.41) is 10.1. The van der Waals surface area contributed by atoms with Crippen molar-refractivity contribution in [1.82, 2.24) is 0 Å². The monoisotopic (exact) mass is 392 g/mol. The van der Waals surface area contributed by atoms with Gasteiger partial charge in [0.05, 0.1) is 19.8 Å². The van der Waals surface area contributed by atoms with Gasteiger partial charge in [0.1, 0.15) is 5.75 Å². The van der Waals surface area contributed by atoms with Crippen molar-refractivity contribution in [2.24, 2.45) is 0 Å². The number of aliphatic hydroxyl groups is 1. The number of rotatable bonds is 12. The van der Waals surface area contributed by atoms with Gasteiger partial charge in [-0.05, 0) is 48.9 Å². The summed E-state index contributed by atoms with van der Waals surface area (Å²) in [6.45, 7) is 5.42. The Morgan fingerprint density at radius 3 is 2.66 bits per heavy atom. The van der Waals surface area contributed by atoms with Crippen molar-refractivity contribution in [3.05, 3.63) is 77.9 Å². The quantitative estimate of drug-likeness (QED) is 0.302. The first kappa shape index (κ1) is 22.7. The molecule has 0 aliphatic heterocycles. The number of hydrogen-bond donors (Lipinski definition) is 1. The molecule has 0 aromatic heterocycles. The molecule has 0 radical (unpaired) electrons. The molecule has 154 valence electrons. The van der Waals surface area contributed by atoms with Gasteiger partial charge in [-0.25, -0.2) is 0 Å². The Morgan fingerprint density at radius 2 is 1.86 bits per heavy atom. The summed E-state index contributed by atoms with van der Waals surface area (Å²) in [5.74, 6) is 7.11. The van der Waals surface area contributed by atoms with Crippen molar-refractivity contribution >= 4 is 0 Å². The summed E-state index contributed by atoms with van der Waals surface area (Å²) in [5.41, 5.74) is 3.45. The highest BCUT2D eigenvalue weighted by atomic mass is 16.5. The second-order valence-corrected chi connectivity index (χ2v) is 7.16. The van der Waals surface area contributed by atoms with Crippen molar-refractivity contribution in [1.29, 1.82) is 0 Å². The fourth-order valence-corrected chi connectivity index (χ4v) is 3.01. The van der Waals surface area contributed by atoms with E-state index in [0.29, 0.717) is 26.1 Å². The molecule has 3 nitrogen and oxygen atoms in total. The van der Waals surface area contributed by atoms with Crippen molar-refractivity contribution in [2.45, 2.75) is 51.2 Å². The predicted octanol–water partition coefficient (Wildman–Crippen LogP) is 5.33. The van der Waals surface area contributed by atoms with Crippen LogP contribution in [0, 0.1) is 11.8 Å². The molecule has 1 atom stereocenters. The third-order valence-corrected chi connectivity index (χ3v) is 4.59. The van der Waals surface area contributed by atoms with Crippen LogP contribution in [0.25, 0.3) is 0 Å². The van der Waals surface area contributed by atoms with E-state index in [9.17, 15) is 5.11 Å². The topological polar surface area (TPSA) is 38.7 Å². The van der Waals surface area contributed by atoms with Crippen molar-refractivity contribution in [3.8, 4) is 17.6 Å². The van der Waals surface area contributed by atoms with Gasteiger partial charge < -0.3 is 14.6 Å². The van der Waals surface area contributed by atoms with Crippen LogP contribution in [-0.2, 0) is 17.8 Å². The smallest absolute Gasteiger partial charge is 0.119 e. The van der Waals surface area contributed by atoms with Crippen LogP contribution in [0.3, 0.4) is 0 Å². The Balaban J connectivity index is 1.53. The molecule has 0 aliphatic carbocycles. The maximum atomic E-state index is 10.1. The first-order chi connectivity index (χ1) is 14.2. The zero-order valence-corrected chi connectivity index (χ0v) is 17.4. The summed E-state index contributed by atoms with van der Waals surface area (Å²) < 4.78 is 10.9. The van der Waals surface area contributed by atoms with Crippen LogP contribution >= 0.6 is 0 Å². The molecule has 1 N–H and O–H groups in total. The molecular weight excluding hydrogens is 360 g/mol. The molecule has 0 fully saturated rings. The average molecular weight is 393 g/mol. The zero-order chi connectivity index (χ0) is 20.7. The molecular formula is C26H32O3. The molecule has 2 rings (SSSR count). The average Bonchev–Trinajstić information content (AvgIpc) is 2.74. The van der Waals surface area contributed by atoms with Gasteiger partial charge in [0.2, 0.25) is 0 Å². The lowest BCUT2D eigenvalue weighted by Gasteiger charge is -2.10. The molecule has 1 unspecified atom stereocenters. The zero-order valence-electron chi connectivity index (χ0n) is 17.4. The lowest BCUT2D eigenvalue weighted by Crippen LogP contribution is -2.06. The normalized spacial score (nSPS) is 11.4. The molecule has 0 heterocycles. The molecule has 0 spiro atoms. The SMILES string of the molecule is C=C(CCCOCc1ccccc1)CC(O)CC#CCCc1cccc(OC)c1. The van der Waals surface area contributed by atoms with Gasteiger partial charge >= 0.3 is 0 Å². The van der Waals surface area contributed by atoms with Crippen LogP contribution in [0.2, 0.25) is 0 Å². The van der Waals surface area contributed by atoms with Crippen LogP contribution in [0.1, 0.15) is 43.2 Å². The second-order valence-electron chi connectivity index (χ2n) is 7.16. The van der Waals surface area contributed by atoms with E-state index in [1.54, 1.807) is 7.11 Å². The van der Waals surface area contributed by atoms with Gasteiger partial charge in [-0.2, -0.15) is 0 Å². The summed E-state index contributed by atoms with van der Waals surface area (Å²) in [7, 11) is 1.67. The molecule has 0 saturated carbocycles. The van der Waals surface area contributed by atoms with Crippen molar-refractivity contribution < 1.29 is 14.6 Å². The maximum Gasteiger partial charge on any atom is 0.119 e. The fraction of sp³-hybridized carbons (Fsp3) is 0.385. The Morgan fingerprint density at radius 1 is 1.07 bits per heavy atom. The van der Waals surface area contributed by atoms with Crippen molar-refractivity contribution in [3.63, 3.8) is 0 Å². The van der Waals surface area contributed by atoms with Gasteiger partial charge in [0.25, 0.3) is 0 Å². The summed E-state index contributed by atoms with van der Waals surface area (Å²) in [4.78, 5) is 0. The van der Waals surface area contributed by atoms with Gasteiger partial charge in [0, 0.05) is 19.4 Å². The first-order valence-electron chi connectivity index (χ1n) is 10.2. The van der Waals surface area contributed by atoms with E-state index in [-0.39, 0.29) is 0 Å². The minimum atomic E-state index is -0.447. The number of methoxy groups -OCH3 is 1. The van der Waals surface area contributed by atoms with Crippen LogP contribution in [0.15, 0.2) is 66.7 Å². The largest absolute Gasteiger partial charge is 0.497 e. The molecule has 0 saturated heterocycles. The number of hydrogen-bond acceptors (Lipinski definition) is 3. The minimum absolute atomic E-state index is 0.447. The molecule has 0 bridgehead atoms. The highest BCUT2D eigenvalue weighted by molar-refractivity contribution is 5.28. The molecule has 0 amide bonds. The van der Waals surface area contributed by atoms with E-state index in [2.05, 4.69) is 36.6 Å². The van der Waals surface area contributed by atoms with Crippen LogP contribution < -0.4 is 4.74 Å². The Kier molecular flexibility index (Phi) is 10.7. The number of benzene rings is 2. The highest BCUT2D eigenvalue weighted by Gasteiger charge is 2.05. The van der Waals surface area contributed by atoms with E-state index in [0.717, 1.165) is 37.0 Å². The summed E-state index contributed by atoms with van der Waals surface area (Å²) in [6, 6.07) is 18.2. The van der Waals surface area contributed by atoms with Crippen LogP contribution in [-0.4, -0.2) is 24.9 Å². The Bertz CT molecular complexity index is 786. The van der Waals surface area contributed by atoms with E-state index < -0.39 is 6.10 Å². The molecule has 2 aromatic carbocycles. The molecule has 2 aromatic rings. The van der Waals surface area contributed by atoms with E-state index >= 15 is 0 Å². The third kappa shape index (κ3) is 9.99. The van der Waals surface area contributed by atoms with Gasteiger partial charge in [-0.3, -0.25) is 0 Å². The Hall–Kier alpha value is -2.54. The molecule has 29 heavy (non-hydrogen) atoms. The third-order valence-electron chi connectivity index (χ3n) is 4.59. The van der Waals surface area contributed by atoms with E-state index in [1.807, 2.05) is 36.4 Å². The summed E-state index contributed by atoms with van der Waals surface area (Å²) >= 11 is 0. The van der Waals surface area contributed by atoms with Crippen LogP contribution in [0.4, 0.5) is 0 Å². The van der Waals surface area contributed by atoms with Gasteiger partial charge in [-0.1, -0.05) is 54.6 Å². The number of aryl methyl sites for hydroxylation is 1. The predicted molar refractivity (Wildman–Crippen MR) is 119 cm³/mol. The summed E-state index contributed by atoms with van der Waals surface area (Å²) in [6.07, 6.45) is 4.09. The Labute approximate surface area is 175 Å². The second kappa shape index (κ2) is 13.6. The fourth-order valence-electron chi connectivity index (χ4n) is 3.01. The van der Waals surface area contributed by atoms with Crippen molar-refractivity contribution in [2.75, 3.05) is 13.7 Å². The van der Waals surface area contributed by atoms with Crippen LogP contribution in [0.5, 0.6) is 5.75 Å².